The van der Waals surface area contributed by atoms with Gasteiger partial charge in [0.25, 0.3) is 5.91 Å². The fourth-order valence-corrected chi connectivity index (χ4v) is 4.43. The van der Waals surface area contributed by atoms with E-state index in [0.717, 1.165) is 15.8 Å². The quantitative estimate of drug-likeness (QED) is 0.535. The molecule has 6 nitrogen and oxygen atoms in total. The lowest BCUT2D eigenvalue weighted by Crippen LogP contribution is -2.22. The maximum Gasteiger partial charge on any atom is 0.305 e. The number of amides is 1. The van der Waals surface area contributed by atoms with E-state index in [2.05, 4.69) is 20.9 Å². The summed E-state index contributed by atoms with van der Waals surface area (Å²) in [5, 5.41) is 11.8. The van der Waals surface area contributed by atoms with Gasteiger partial charge < -0.3 is 9.84 Å². The number of hydrogen-bond donors (Lipinski definition) is 1. The molecular formula is C17H15BrN2O4S2. The molecule has 0 aliphatic carbocycles. The van der Waals surface area contributed by atoms with Crippen molar-refractivity contribution in [1.82, 2.24) is 4.57 Å². The fourth-order valence-electron chi connectivity index (χ4n) is 2.68. The van der Waals surface area contributed by atoms with Crippen LogP contribution in [-0.4, -0.2) is 28.2 Å². The van der Waals surface area contributed by atoms with Gasteiger partial charge >= 0.3 is 5.97 Å². The highest BCUT2D eigenvalue weighted by Gasteiger charge is 2.25. The van der Waals surface area contributed by atoms with Gasteiger partial charge in [0.1, 0.15) is 4.88 Å². The van der Waals surface area contributed by atoms with Crippen LogP contribution in [0.4, 0.5) is 0 Å². The number of thiazole rings is 1. The first kappa shape index (κ1) is 18.9. The van der Waals surface area contributed by atoms with Crippen molar-refractivity contribution >= 4 is 56.9 Å². The van der Waals surface area contributed by atoms with Crippen LogP contribution in [0.1, 0.15) is 24.6 Å². The largest absolute Gasteiger partial charge is 0.493 e. The molecule has 1 N–H and O–H groups in total. The van der Waals surface area contributed by atoms with Crippen molar-refractivity contribution in [2.75, 3.05) is 6.61 Å². The number of ether oxygens (including phenoxy) is 1. The van der Waals surface area contributed by atoms with Gasteiger partial charge in [-0.05, 0) is 43.8 Å². The van der Waals surface area contributed by atoms with E-state index in [4.69, 9.17) is 17.0 Å². The van der Waals surface area contributed by atoms with Gasteiger partial charge in [0.05, 0.1) is 17.5 Å². The summed E-state index contributed by atoms with van der Waals surface area (Å²) in [4.78, 5) is 28.2. The van der Waals surface area contributed by atoms with E-state index >= 15 is 0 Å². The molecule has 0 unspecified atom stereocenters. The molecule has 3 rings (SSSR count). The van der Waals surface area contributed by atoms with Gasteiger partial charge in [0.2, 0.25) is 5.88 Å². The van der Waals surface area contributed by atoms with E-state index in [1.807, 2.05) is 0 Å². The van der Waals surface area contributed by atoms with Crippen LogP contribution in [0.5, 0.6) is 5.88 Å². The number of fused-ring (bicyclic) bond motifs is 1. The summed E-state index contributed by atoms with van der Waals surface area (Å²) < 4.78 is 7.67. The lowest BCUT2D eigenvalue weighted by Gasteiger charge is -2.05. The lowest BCUT2D eigenvalue weighted by atomic mass is 10.1. The van der Waals surface area contributed by atoms with Crippen LogP contribution in [0.2, 0.25) is 0 Å². The molecule has 0 radical (unpaired) electrons. The number of carbonyl (C=O) groups excluding carboxylic acids is 2. The second-order valence-electron chi connectivity index (χ2n) is 5.53. The number of carbonyl (C=O) groups is 2. The molecule has 2 aromatic rings. The minimum absolute atomic E-state index is 0.0739. The van der Waals surface area contributed by atoms with Gasteiger partial charge in [0, 0.05) is 22.7 Å². The molecule has 2 heterocycles. The number of nitrogens with zero attached hydrogens (tertiary/aromatic N) is 2. The standard InChI is InChI=1S/C17H15BrN2O4S2/c1-2-24-12(21)4-3-7-20-16(23)14(26-17(20)25)13-10-8-9(18)5-6-11(10)19-15(13)22/h5-6,8,23H,2-4,7H2,1H3. The zero-order valence-corrected chi connectivity index (χ0v) is 17.0. The molecule has 1 aliphatic heterocycles. The zero-order chi connectivity index (χ0) is 18.8. The molecular weight excluding hydrogens is 440 g/mol. The molecule has 9 heteroatoms. The Morgan fingerprint density at radius 3 is 2.96 bits per heavy atom. The van der Waals surface area contributed by atoms with Crippen molar-refractivity contribution in [2.45, 2.75) is 26.3 Å². The van der Waals surface area contributed by atoms with Gasteiger partial charge in [-0.2, -0.15) is 0 Å². The lowest BCUT2D eigenvalue weighted by molar-refractivity contribution is -0.143. The third kappa shape index (κ3) is 3.65. The Kier molecular flexibility index (Phi) is 5.69. The second kappa shape index (κ2) is 7.81. The van der Waals surface area contributed by atoms with Crippen molar-refractivity contribution in [2.24, 2.45) is 4.99 Å². The first-order valence-corrected chi connectivity index (χ1v) is 9.95. The smallest absolute Gasteiger partial charge is 0.305 e. The Hall–Kier alpha value is -1.84. The first-order chi connectivity index (χ1) is 12.4. The van der Waals surface area contributed by atoms with Gasteiger partial charge in [-0.15, -0.1) is 11.3 Å². The van der Waals surface area contributed by atoms with Gasteiger partial charge in [-0.3, -0.25) is 14.2 Å². The summed E-state index contributed by atoms with van der Waals surface area (Å²) in [6.45, 7) is 2.46. The van der Waals surface area contributed by atoms with Crippen molar-refractivity contribution in [3.05, 3.63) is 42.1 Å². The van der Waals surface area contributed by atoms with Gasteiger partial charge in [-0.25, -0.2) is 4.99 Å². The first-order valence-electron chi connectivity index (χ1n) is 7.94. The summed E-state index contributed by atoms with van der Waals surface area (Å²) in [6, 6.07) is 5.35. The van der Waals surface area contributed by atoms with Crippen molar-refractivity contribution in [3.63, 3.8) is 0 Å². The molecule has 1 aliphatic rings. The van der Waals surface area contributed by atoms with Crippen molar-refractivity contribution < 1.29 is 19.4 Å². The van der Waals surface area contributed by atoms with Crippen LogP contribution in [0.3, 0.4) is 0 Å². The highest BCUT2D eigenvalue weighted by atomic mass is 79.9. The molecule has 0 bridgehead atoms. The van der Waals surface area contributed by atoms with E-state index in [1.165, 1.54) is 4.57 Å². The number of halogens is 1. The monoisotopic (exact) mass is 454 g/mol. The van der Waals surface area contributed by atoms with Crippen LogP contribution in [0.25, 0.3) is 5.57 Å². The summed E-state index contributed by atoms with van der Waals surface area (Å²) in [6.07, 6.45) is 0.716. The molecule has 26 heavy (non-hydrogen) atoms. The Morgan fingerprint density at radius 1 is 1.46 bits per heavy atom. The van der Waals surface area contributed by atoms with Crippen molar-refractivity contribution in [1.29, 1.82) is 0 Å². The molecule has 1 aromatic heterocycles. The maximum absolute atomic E-state index is 12.4. The molecule has 1 aromatic carbocycles. The van der Waals surface area contributed by atoms with Crippen LogP contribution >= 0.6 is 39.5 Å². The normalized spacial score (nSPS) is 12.8. The average Bonchev–Trinajstić information content (AvgIpc) is 3.04. The number of aromatic hydroxyl groups is 1. The predicted octanol–water partition coefficient (Wildman–Crippen LogP) is 2.45. The molecule has 0 saturated carbocycles. The molecule has 0 atom stereocenters. The number of hydrogen-bond acceptors (Lipinski definition) is 6. The number of aromatic nitrogens is 1. The number of rotatable bonds is 6. The highest BCUT2D eigenvalue weighted by Crippen LogP contribution is 2.33. The molecule has 136 valence electrons. The van der Waals surface area contributed by atoms with Crippen LogP contribution < -0.4 is 10.6 Å². The molecule has 1 amide bonds. The van der Waals surface area contributed by atoms with Crippen LogP contribution in [0, 0.1) is 3.95 Å². The topological polar surface area (TPSA) is 80.9 Å². The predicted molar refractivity (Wildman–Crippen MR) is 103 cm³/mol. The summed E-state index contributed by atoms with van der Waals surface area (Å²) >= 11 is 9.88. The zero-order valence-electron chi connectivity index (χ0n) is 13.8. The molecule has 0 spiro atoms. The summed E-state index contributed by atoms with van der Waals surface area (Å²) in [5.41, 5.74) is 0.346. The van der Waals surface area contributed by atoms with Crippen LogP contribution in [-0.2, 0) is 20.9 Å². The Morgan fingerprint density at radius 2 is 2.23 bits per heavy atom. The van der Waals surface area contributed by atoms with E-state index in [1.54, 1.807) is 25.1 Å². The maximum atomic E-state index is 12.4. The third-order valence-electron chi connectivity index (χ3n) is 3.83. The Bertz CT molecular complexity index is 1070. The van der Waals surface area contributed by atoms with Gasteiger partial charge in [0.15, 0.2) is 3.95 Å². The fraction of sp³-hybridized carbons (Fsp3) is 0.294. The highest BCUT2D eigenvalue weighted by molar-refractivity contribution is 9.10. The second-order valence-corrected chi connectivity index (χ2v) is 8.09. The summed E-state index contributed by atoms with van der Waals surface area (Å²) in [7, 11) is 0. The Balaban J connectivity index is 1.95. The Labute approximate surface area is 166 Å². The SMILES string of the molecule is CCOC(=O)CCCn1c(O)c(C2=c3cc(Br)ccc3=NC2=O)sc1=S. The van der Waals surface area contributed by atoms with E-state index in [0.29, 0.717) is 44.6 Å². The van der Waals surface area contributed by atoms with E-state index in [9.17, 15) is 14.7 Å². The number of benzene rings is 1. The summed E-state index contributed by atoms with van der Waals surface area (Å²) in [5.74, 6) is -0.759. The van der Waals surface area contributed by atoms with Gasteiger partial charge in [-0.1, -0.05) is 15.9 Å². The molecule has 0 saturated heterocycles. The molecule has 0 fully saturated rings. The van der Waals surface area contributed by atoms with Crippen LogP contribution in [0.15, 0.2) is 27.7 Å². The average molecular weight is 455 g/mol. The minimum atomic E-state index is -0.400. The van der Waals surface area contributed by atoms with E-state index in [-0.39, 0.29) is 18.3 Å². The number of esters is 1. The van der Waals surface area contributed by atoms with Crippen molar-refractivity contribution in [3.8, 4) is 5.88 Å². The minimum Gasteiger partial charge on any atom is -0.493 e. The third-order valence-corrected chi connectivity index (χ3v) is 5.78. The van der Waals surface area contributed by atoms with E-state index < -0.39 is 5.91 Å².